The highest BCUT2D eigenvalue weighted by molar-refractivity contribution is 9.10. The average Bonchev–Trinajstić information content (AvgIpc) is 2.28. The fourth-order valence-corrected chi connectivity index (χ4v) is 2.53. The van der Waals surface area contributed by atoms with Crippen molar-refractivity contribution in [1.29, 1.82) is 0 Å². The highest BCUT2D eigenvalue weighted by Gasteiger charge is 2.14. The molecule has 2 aromatic heterocycles. The molecule has 0 amide bonds. The van der Waals surface area contributed by atoms with Crippen LogP contribution in [0.25, 0.3) is 11.0 Å². The summed E-state index contributed by atoms with van der Waals surface area (Å²) in [5.74, 6) is -0.836. The van der Waals surface area contributed by atoms with Gasteiger partial charge in [-0.1, -0.05) is 0 Å². The number of thioether (sulfide) groups is 1. The summed E-state index contributed by atoms with van der Waals surface area (Å²) in [6, 6.07) is 3.64. The van der Waals surface area contributed by atoms with Crippen molar-refractivity contribution in [1.82, 2.24) is 9.97 Å². The molecule has 2 rings (SSSR count). The van der Waals surface area contributed by atoms with Crippen LogP contribution in [0.15, 0.2) is 33.9 Å². The van der Waals surface area contributed by atoms with Crippen LogP contribution in [0, 0.1) is 0 Å². The SMILES string of the molecule is CC(Sc1ccnc2cc(Br)cnc12)C(=O)O. The Balaban J connectivity index is 2.44. The van der Waals surface area contributed by atoms with E-state index in [1.165, 1.54) is 11.8 Å². The zero-order valence-corrected chi connectivity index (χ0v) is 11.3. The molecule has 2 aromatic rings. The lowest BCUT2D eigenvalue weighted by Crippen LogP contribution is -2.11. The van der Waals surface area contributed by atoms with Crippen LogP contribution in [0.3, 0.4) is 0 Å². The molecule has 2 heterocycles. The number of carbonyl (C=O) groups is 1. The number of rotatable bonds is 3. The van der Waals surface area contributed by atoms with Gasteiger partial charge < -0.3 is 5.11 Å². The Morgan fingerprint density at radius 1 is 1.53 bits per heavy atom. The molecule has 1 atom stereocenters. The normalized spacial score (nSPS) is 12.6. The molecule has 1 unspecified atom stereocenters. The highest BCUT2D eigenvalue weighted by atomic mass is 79.9. The smallest absolute Gasteiger partial charge is 0.316 e. The fourth-order valence-electron chi connectivity index (χ4n) is 1.32. The number of aromatic nitrogens is 2. The first kappa shape index (κ1) is 12.3. The molecule has 17 heavy (non-hydrogen) atoms. The average molecular weight is 313 g/mol. The second-order valence-corrected chi connectivity index (χ2v) is 5.73. The van der Waals surface area contributed by atoms with Crippen LogP contribution < -0.4 is 0 Å². The van der Waals surface area contributed by atoms with Crippen LogP contribution in [0.5, 0.6) is 0 Å². The Bertz CT molecular complexity index is 576. The minimum absolute atomic E-state index is 0.508. The molecule has 0 spiro atoms. The van der Waals surface area contributed by atoms with Crippen molar-refractivity contribution in [3.05, 3.63) is 29.0 Å². The van der Waals surface area contributed by atoms with Gasteiger partial charge in [-0.2, -0.15) is 0 Å². The number of carboxylic acids is 1. The Hall–Kier alpha value is -1.14. The molecule has 88 valence electrons. The van der Waals surface area contributed by atoms with E-state index in [1.807, 2.05) is 6.07 Å². The number of fused-ring (bicyclic) bond motifs is 1. The minimum Gasteiger partial charge on any atom is -0.480 e. The summed E-state index contributed by atoms with van der Waals surface area (Å²) >= 11 is 4.60. The zero-order chi connectivity index (χ0) is 12.4. The fraction of sp³-hybridized carbons (Fsp3) is 0.182. The van der Waals surface area contributed by atoms with Crippen LogP contribution in [-0.2, 0) is 4.79 Å². The summed E-state index contributed by atoms with van der Waals surface area (Å²) in [5, 5.41) is 8.39. The number of pyridine rings is 2. The molecule has 6 heteroatoms. The van der Waals surface area contributed by atoms with Gasteiger partial charge >= 0.3 is 5.97 Å². The van der Waals surface area contributed by atoms with E-state index in [4.69, 9.17) is 5.11 Å². The van der Waals surface area contributed by atoms with E-state index < -0.39 is 11.2 Å². The van der Waals surface area contributed by atoms with Crippen LogP contribution in [0.1, 0.15) is 6.92 Å². The molecular weight excluding hydrogens is 304 g/mol. The number of nitrogens with zero attached hydrogens (tertiary/aromatic N) is 2. The molecule has 0 aromatic carbocycles. The summed E-state index contributed by atoms with van der Waals surface area (Å²) in [4.78, 5) is 20.1. The van der Waals surface area contributed by atoms with Crippen LogP contribution >= 0.6 is 27.7 Å². The maximum absolute atomic E-state index is 10.8. The van der Waals surface area contributed by atoms with E-state index in [1.54, 1.807) is 25.4 Å². The van der Waals surface area contributed by atoms with Crippen LogP contribution in [0.4, 0.5) is 0 Å². The molecule has 0 aliphatic rings. The molecule has 0 fully saturated rings. The predicted octanol–water partition coefficient (Wildman–Crippen LogP) is 2.96. The van der Waals surface area contributed by atoms with Crippen molar-refractivity contribution in [3.8, 4) is 0 Å². The van der Waals surface area contributed by atoms with E-state index in [2.05, 4.69) is 25.9 Å². The van der Waals surface area contributed by atoms with E-state index in [9.17, 15) is 4.79 Å². The molecule has 0 saturated heterocycles. The molecule has 0 radical (unpaired) electrons. The van der Waals surface area contributed by atoms with E-state index in [0.29, 0.717) is 0 Å². The second-order valence-electron chi connectivity index (χ2n) is 3.43. The van der Waals surface area contributed by atoms with Gasteiger partial charge in [0.05, 0.1) is 5.52 Å². The summed E-state index contributed by atoms with van der Waals surface area (Å²) in [5.41, 5.74) is 1.48. The lowest BCUT2D eigenvalue weighted by atomic mass is 10.3. The third kappa shape index (κ3) is 2.76. The van der Waals surface area contributed by atoms with Gasteiger partial charge in [0.25, 0.3) is 0 Å². The first-order chi connectivity index (χ1) is 8.08. The number of hydrogen-bond donors (Lipinski definition) is 1. The van der Waals surface area contributed by atoms with Crippen LogP contribution in [-0.4, -0.2) is 26.3 Å². The lowest BCUT2D eigenvalue weighted by Gasteiger charge is -2.08. The largest absolute Gasteiger partial charge is 0.480 e. The Morgan fingerprint density at radius 2 is 2.29 bits per heavy atom. The zero-order valence-electron chi connectivity index (χ0n) is 8.92. The second kappa shape index (κ2) is 5.01. The van der Waals surface area contributed by atoms with E-state index in [-0.39, 0.29) is 0 Å². The van der Waals surface area contributed by atoms with Crippen molar-refractivity contribution in [3.63, 3.8) is 0 Å². The monoisotopic (exact) mass is 312 g/mol. The maximum Gasteiger partial charge on any atom is 0.316 e. The van der Waals surface area contributed by atoms with E-state index >= 15 is 0 Å². The Kier molecular flexibility index (Phi) is 3.63. The van der Waals surface area contributed by atoms with Crippen molar-refractivity contribution in [2.75, 3.05) is 0 Å². The summed E-state index contributed by atoms with van der Waals surface area (Å²) in [6.07, 6.45) is 3.34. The van der Waals surface area contributed by atoms with Gasteiger partial charge in [-0.05, 0) is 35.0 Å². The molecule has 0 bridgehead atoms. The van der Waals surface area contributed by atoms with Crippen LogP contribution in [0.2, 0.25) is 0 Å². The van der Waals surface area contributed by atoms with Crippen molar-refractivity contribution >= 4 is 44.7 Å². The third-order valence-corrected chi connectivity index (χ3v) is 3.73. The van der Waals surface area contributed by atoms with Crippen molar-refractivity contribution in [2.24, 2.45) is 0 Å². The molecule has 0 aliphatic heterocycles. The quantitative estimate of drug-likeness (QED) is 0.883. The van der Waals surface area contributed by atoms with E-state index in [0.717, 1.165) is 20.4 Å². The lowest BCUT2D eigenvalue weighted by molar-refractivity contribution is -0.136. The molecule has 1 N–H and O–H groups in total. The molecule has 0 saturated carbocycles. The van der Waals surface area contributed by atoms with Gasteiger partial charge in [0, 0.05) is 21.8 Å². The Morgan fingerprint density at radius 3 is 3.00 bits per heavy atom. The number of halogens is 1. The van der Waals surface area contributed by atoms with Gasteiger partial charge in [0.1, 0.15) is 10.8 Å². The van der Waals surface area contributed by atoms with Crippen molar-refractivity contribution < 1.29 is 9.90 Å². The molecular formula is C11H9BrN2O2S. The number of carboxylic acid groups (broad SMARTS) is 1. The topological polar surface area (TPSA) is 63.1 Å². The summed E-state index contributed by atoms with van der Waals surface area (Å²) in [6.45, 7) is 1.65. The number of aliphatic carboxylic acids is 1. The van der Waals surface area contributed by atoms with Gasteiger partial charge in [-0.15, -0.1) is 11.8 Å². The first-order valence-electron chi connectivity index (χ1n) is 4.87. The number of hydrogen-bond acceptors (Lipinski definition) is 4. The minimum atomic E-state index is -0.836. The van der Waals surface area contributed by atoms with Gasteiger partial charge in [-0.25, -0.2) is 0 Å². The van der Waals surface area contributed by atoms with Gasteiger partial charge in [0.15, 0.2) is 0 Å². The van der Waals surface area contributed by atoms with Gasteiger partial charge in [0.2, 0.25) is 0 Å². The summed E-state index contributed by atoms with van der Waals surface area (Å²) < 4.78 is 0.853. The maximum atomic E-state index is 10.8. The standard InChI is InChI=1S/C11H9BrN2O2S/c1-6(11(15)16)17-9-2-3-13-8-4-7(12)5-14-10(8)9/h2-6H,1H3,(H,15,16). The van der Waals surface area contributed by atoms with Crippen molar-refractivity contribution in [2.45, 2.75) is 17.1 Å². The molecule has 0 aliphatic carbocycles. The predicted molar refractivity (Wildman–Crippen MR) is 70.2 cm³/mol. The Labute approximate surface area is 111 Å². The van der Waals surface area contributed by atoms with Gasteiger partial charge in [-0.3, -0.25) is 14.8 Å². The highest BCUT2D eigenvalue weighted by Crippen LogP contribution is 2.29. The first-order valence-corrected chi connectivity index (χ1v) is 6.55. The summed E-state index contributed by atoms with van der Waals surface area (Å²) in [7, 11) is 0. The molecule has 4 nitrogen and oxygen atoms in total. The third-order valence-electron chi connectivity index (χ3n) is 2.16.